The first-order chi connectivity index (χ1) is 65.6. The second-order valence-electron chi connectivity index (χ2n) is 39.7. The topological polar surface area (TPSA) is 82.5 Å². The molecule has 2 atom stereocenters. The van der Waals surface area contributed by atoms with Gasteiger partial charge in [-0.15, -0.1) is 73.8 Å². The smallest absolute Gasteiger partial charge is 0.200 e. The Labute approximate surface area is 866 Å². The molecule has 1 N–H and O–H groups in total. The Kier molecular flexibility index (Phi) is 23.8. The molecule has 0 amide bonds. The number of aromatic nitrogens is 3. The Balaban J connectivity index is 0.000000119. The fourth-order valence-electron chi connectivity index (χ4n) is 22.9. The number of rotatable bonds is 4. The Morgan fingerprint density at radius 3 is 0.906 bits per heavy atom. The van der Waals surface area contributed by atoms with E-state index in [2.05, 4.69) is 434 Å². The Bertz CT molecular complexity index is 8310. The van der Waals surface area contributed by atoms with Gasteiger partial charge in [-0.25, -0.2) is 0 Å². The van der Waals surface area contributed by atoms with Crippen molar-refractivity contribution in [2.45, 2.75) is 66.2 Å². The van der Waals surface area contributed by atoms with E-state index >= 15 is 0 Å². The molecule has 0 fully saturated rings. The number of carbonyl (C=O) groups excluding carboxylic acids is 1. The van der Waals surface area contributed by atoms with Crippen LogP contribution in [0.3, 0.4) is 0 Å². The van der Waals surface area contributed by atoms with Gasteiger partial charge >= 0.3 is 0 Å². The van der Waals surface area contributed by atoms with Crippen molar-refractivity contribution in [1.29, 1.82) is 0 Å². The van der Waals surface area contributed by atoms with Gasteiger partial charge in [-0.05, 0) is 220 Å². The quantitative estimate of drug-likeness (QED) is 0.0609. The summed E-state index contributed by atoms with van der Waals surface area (Å²) in [6.07, 6.45) is 1.17. The molecule has 7 nitrogen and oxygen atoms in total. The summed E-state index contributed by atoms with van der Waals surface area (Å²) in [5, 5.41) is 47.7. The molecule has 0 saturated heterocycles. The molecule has 0 aliphatic carbocycles. The van der Waals surface area contributed by atoms with E-state index in [0.717, 1.165) is 72.2 Å². The number of ketones is 1. The van der Waals surface area contributed by atoms with E-state index in [-0.39, 0.29) is 78.6 Å². The molecule has 0 spiro atoms. The predicted molar refractivity (Wildman–Crippen MR) is 603 cm³/mol. The molecule has 3 aromatic heterocycles. The zero-order valence-corrected chi connectivity index (χ0v) is 93.5. The van der Waals surface area contributed by atoms with E-state index in [1.807, 2.05) is 6.07 Å². The second-order valence-corrected chi connectivity index (χ2v) is 65.5. The summed E-state index contributed by atoms with van der Waals surface area (Å²) in [5.41, 5.74) is 18.0. The van der Waals surface area contributed by atoms with Gasteiger partial charge in [0, 0.05) is 104 Å². The number of carbonyl (C=O) groups is 1. The van der Waals surface area contributed by atoms with E-state index in [1.165, 1.54) is 191 Å². The summed E-state index contributed by atoms with van der Waals surface area (Å²) in [6, 6.07) is 135. The molecule has 0 saturated carbocycles. The van der Waals surface area contributed by atoms with Crippen LogP contribution in [0, 0.1) is 18.2 Å². The molecular weight excluding hydrogens is 2370 g/mol. The second kappa shape index (κ2) is 35.2. The largest absolute Gasteiger partial charge is 0.512 e. The monoisotopic (exact) mass is 2470 g/mol. The molecule has 3 radical (unpaired) electrons. The number of hydrogen-bond acceptors (Lipinski definition) is 9. The fraction of sp³-hybridized carbons (Fsp3) is 0.100. The molecule has 139 heavy (non-hydrogen) atoms. The van der Waals surface area contributed by atoms with Crippen LogP contribution in [0.25, 0.3) is 131 Å². The van der Waals surface area contributed by atoms with Gasteiger partial charge in [-0.1, -0.05) is 376 Å². The maximum Gasteiger partial charge on any atom is 0.200 e. The number of anilines is 4. The van der Waals surface area contributed by atoms with Crippen LogP contribution >= 0.6 is 12.1 Å². The molecular formula is C120H95BIr3N5O2P2S2Si4-3. The maximum absolute atomic E-state index is 10.0. The minimum atomic E-state index is -2.38. The van der Waals surface area contributed by atoms with Crippen molar-refractivity contribution in [3.63, 3.8) is 0 Å². The Morgan fingerprint density at radius 2 is 0.597 bits per heavy atom. The van der Waals surface area contributed by atoms with Crippen molar-refractivity contribution in [3.05, 3.63) is 376 Å². The molecule has 9 heterocycles. The van der Waals surface area contributed by atoms with Gasteiger partial charge in [-0.2, -0.15) is 0 Å². The van der Waals surface area contributed by atoms with Crippen LogP contribution in [-0.4, -0.2) is 78.9 Å². The van der Waals surface area contributed by atoms with E-state index in [1.54, 1.807) is 0 Å². The standard InChI is InChI=1S/2C39H31NPSSi2.C37H25BN3.C5H8O2.3Ir/c2*1-43(2)35-21-28-14-7-5-12-26(28)19-33(35)41(42)34-20-27-13-6-8-15-29(27)22-36(34)44(3,4)38-24-30(23-37(43)39(38)41)32-18-17-25-11-9-10-16-31(25)40-32;1-40-33-19-26-12-5-3-10-24(26)17-29(33)38-30-18-25-11-4-6-13-27(25)20-34(30)41(2)36-22-28(21-35(40)37(36)38)32-16-15-23-9-7-8-14-31(23)39-32;1-4(6)3-5(2)7;;;/h2*5-23H,1-4H3;3-21H,1-2H3;3,6H,1-2H3;;;/q3*-1;;;;. The minimum absolute atomic E-state index is 0. The molecule has 27 rings (SSSR count). The Morgan fingerprint density at radius 1 is 0.324 bits per heavy atom. The van der Waals surface area contributed by atoms with Crippen LogP contribution < -0.4 is 99.5 Å². The summed E-state index contributed by atoms with van der Waals surface area (Å²) in [4.78, 5) is 30.1. The first kappa shape index (κ1) is 94.0. The van der Waals surface area contributed by atoms with Crippen LogP contribution in [0.5, 0.6) is 0 Å². The number of pyridine rings is 3. The van der Waals surface area contributed by atoms with Crippen molar-refractivity contribution < 1.29 is 70.2 Å². The van der Waals surface area contributed by atoms with Gasteiger partial charge in [0.1, 0.15) is 0 Å². The van der Waals surface area contributed by atoms with Gasteiger partial charge in [-0.3, -0.25) is 19.7 Å². The summed E-state index contributed by atoms with van der Waals surface area (Å²) >= 11 is 14.5. The summed E-state index contributed by atoms with van der Waals surface area (Å²) in [7, 11) is -4.37. The normalized spacial score (nSPS) is 16.6. The van der Waals surface area contributed by atoms with Gasteiger partial charge in [0.05, 0.1) is 54.6 Å². The van der Waals surface area contributed by atoms with Gasteiger partial charge < -0.3 is 14.9 Å². The molecule has 6 aliphatic heterocycles. The number of aliphatic hydroxyl groups excluding tert-OH is 1. The van der Waals surface area contributed by atoms with Gasteiger partial charge in [0.15, 0.2) is 12.5 Å². The van der Waals surface area contributed by atoms with E-state index in [4.69, 9.17) is 43.7 Å². The minimum Gasteiger partial charge on any atom is -0.512 e. The van der Waals surface area contributed by atoms with E-state index < -0.39 is 44.4 Å². The van der Waals surface area contributed by atoms with Crippen molar-refractivity contribution in [1.82, 2.24) is 15.0 Å². The van der Waals surface area contributed by atoms with Crippen LogP contribution in [0.2, 0.25) is 52.4 Å². The molecule has 18 aromatic carbocycles. The number of nitrogens with zero attached hydrogens (tertiary/aromatic N) is 5. The predicted octanol–water partition coefficient (Wildman–Crippen LogP) is 19.8. The van der Waals surface area contributed by atoms with Gasteiger partial charge in [0.2, 0.25) is 0 Å². The van der Waals surface area contributed by atoms with Gasteiger partial charge in [0.25, 0.3) is 0 Å². The van der Waals surface area contributed by atoms with Crippen molar-refractivity contribution in [2.75, 3.05) is 23.9 Å². The van der Waals surface area contributed by atoms with E-state index in [0.29, 0.717) is 0 Å². The van der Waals surface area contributed by atoms with Crippen molar-refractivity contribution in [2.24, 2.45) is 0 Å². The summed E-state index contributed by atoms with van der Waals surface area (Å²) in [5.74, 6) is -0.0625. The third-order valence-corrected chi connectivity index (χ3v) is 55.3. The molecule has 0 bridgehead atoms. The summed E-state index contributed by atoms with van der Waals surface area (Å²) < 4.78 is 0. The first-order valence-electron chi connectivity index (χ1n) is 46.8. The molecule has 2 unspecified atom stereocenters. The first-order valence-corrected chi connectivity index (χ1v) is 64.4. The van der Waals surface area contributed by atoms with E-state index in [9.17, 15) is 4.79 Å². The zero-order valence-electron chi connectivity index (χ0n) is 78.9. The SMILES string of the molecule is CC(=O)C=C(C)O.CN1c2[c-]c(-c3ccc4ccccc4n3)cc3c2B(c2cc4ccccc4cc21)c1cc2ccccc2cc1N3C.C[Si]1(C)c2[c-]c(-c3ccc4ccccc4n3)cc3c2P(=S)(c2cc4ccccc4cc21)c1cc2ccccc2cc1[Si]3(C)C.C[Si]1(C)c2[c-]c(-c3ccc4ccccc4n3)cc3c2P(=S)(c2cc4ccccc4cc21)c1cc2ccccc2cc1[Si]3(C)C.[Ir].[Ir].[Ir]. The number of benzene rings is 18. The van der Waals surface area contributed by atoms with Crippen molar-refractivity contribution in [3.8, 4) is 33.8 Å². The average molecular weight is 2470 g/mol. The van der Waals surface area contributed by atoms with Crippen LogP contribution in [-0.2, 0) is 88.7 Å². The third kappa shape index (κ3) is 15.0. The molecule has 683 valence electrons. The fourth-order valence-corrected chi connectivity index (χ4v) is 55.6. The maximum atomic E-state index is 10.0. The van der Waals surface area contributed by atoms with Crippen LogP contribution in [0.1, 0.15) is 13.8 Å². The zero-order chi connectivity index (χ0) is 93.1. The molecule has 6 aliphatic rings. The van der Waals surface area contributed by atoms with Crippen LogP contribution in [0.4, 0.5) is 22.7 Å². The number of fused-ring (bicyclic) bond motifs is 21. The molecule has 19 heteroatoms. The number of aliphatic hydroxyl groups is 1. The Hall–Kier alpha value is -11.3. The average Bonchev–Trinajstić information content (AvgIpc) is 0.677. The van der Waals surface area contributed by atoms with Crippen molar-refractivity contribution >= 4 is 290 Å². The number of allylic oxidation sites excluding steroid dienone is 2. The van der Waals surface area contributed by atoms with Crippen LogP contribution in [0.15, 0.2) is 358 Å². The number of hydrogen-bond donors (Lipinski definition) is 1. The third-order valence-electron chi connectivity index (χ3n) is 30.0. The number of para-hydroxylation sites is 3. The molecule has 21 aromatic rings. The summed E-state index contributed by atoms with van der Waals surface area (Å²) in [6.45, 7) is 23.2.